The Labute approximate surface area is 241 Å². The molecule has 0 spiro atoms. The topological polar surface area (TPSA) is 128 Å². The van der Waals surface area contributed by atoms with Crippen LogP contribution in [0.4, 0.5) is 10.6 Å². The summed E-state index contributed by atoms with van der Waals surface area (Å²) in [6, 6.07) is 19.5. The summed E-state index contributed by atoms with van der Waals surface area (Å²) in [4.78, 5) is 21.8. The average molecular weight is 583 g/mol. The van der Waals surface area contributed by atoms with Gasteiger partial charge in [-0.15, -0.1) is 0 Å². The van der Waals surface area contributed by atoms with Crippen molar-refractivity contribution in [2.24, 2.45) is 0 Å². The molecule has 1 aromatic heterocycles. The molecule has 9 nitrogen and oxygen atoms in total. The maximum absolute atomic E-state index is 12.4. The summed E-state index contributed by atoms with van der Waals surface area (Å²) in [6.07, 6.45) is 0.270. The lowest BCUT2D eigenvalue weighted by Gasteiger charge is -2.32. The molecule has 0 unspecified atom stereocenters. The van der Waals surface area contributed by atoms with Gasteiger partial charge in [0.25, 0.3) is 0 Å². The number of nitrogens with zero attached hydrogens (tertiary/aromatic N) is 3. The highest BCUT2D eigenvalue weighted by Crippen LogP contribution is 2.39. The Morgan fingerprint density at radius 3 is 2.08 bits per heavy atom. The number of anilines is 1. The van der Waals surface area contributed by atoms with Gasteiger partial charge in [-0.25, -0.2) is 4.79 Å². The summed E-state index contributed by atoms with van der Waals surface area (Å²) in [5.41, 5.74) is 0.808. The zero-order valence-electron chi connectivity index (χ0n) is 21.4. The van der Waals surface area contributed by atoms with Gasteiger partial charge in [0.05, 0.1) is 12.1 Å². The molecule has 208 valence electrons. The molecule has 0 radical (unpaired) electrons. The second kappa shape index (κ2) is 11.9. The van der Waals surface area contributed by atoms with Gasteiger partial charge < -0.3 is 30.3 Å². The Balaban J connectivity index is 1.60. The van der Waals surface area contributed by atoms with Gasteiger partial charge in [-0.2, -0.15) is 9.97 Å². The quantitative estimate of drug-likeness (QED) is 0.210. The Hall–Kier alpha value is -3.63. The zero-order valence-corrected chi connectivity index (χ0v) is 22.9. The molecule has 5 rings (SSSR count). The molecular weight excluding hydrogens is 555 g/mol. The van der Waals surface area contributed by atoms with Crippen molar-refractivity contribution in [3.8, 4) is 6.01 Å². The summed E-state index contributed by atoms with van der Waals surface area (Å²) in [5, 5.41) is 36.1. The normalized spacial score (nSPS) is 14.3. The smallest absolute Gasteiger partial charge is 0.407 e. The van der Waals surface area contributed by atoms with Gasteiger partial charge in [-0.3, -0.25) is 0 Å². The number of benzene rings is 3. The van der Waals surface area contributed by atoms with Crippen LogP contribution in [-0.4, -0.2) is 68.6 Å². The molecule has 4 aromatic rings. The van der Waals surface area contributed by atoms with E-state index in [9.17, 15) is 20.1 Å². The number of fused-ring (bicyclic) bond motifs is 1. The molecule has 1 amide bonds. The van der Waals surface area contributed by atoms with Crippen LogP contribution in [0.2, 0.25) is 10.0 Å². The average Bonchev–Trinajstić information content (AvgIpc) is 2.96. The van der Waals surface area contributed by atoms with E-state index < -0.39 is 11.7 Å². The Morgan fingerprint density at radius 2 is 1.52 bits per heavy atom. The predicted molar refractivity (Wildman–Crippen MR) is 153 cm³/mol. The maximum atomic E-state index is 12.4. The van der Waals surface area contributed by atoms with Crippen molar-refractivity contribution in [1.29, 1.82) is 0 Å². The van der Waals surface area contributed by atoms with E-state index in [0.29, 0.717) is 69.4 Å². The number of aromatic nitrogens is 2. The molecule has 1 aliphatic rings. The van der Waals surface area contributed by atoms with Gasteiger partial charge in [0.1, 0.15) is 18.0 Å². The van der Waals surface area contributed by atoms with Crippen LogP contribution in [0, 0.1) is 0 Å². The molecule has 3 aromatic carbocycles. The summed E-state index contributed by atoms with van der Waals surface area (Å²) in [7, 11) is 0. The number of rotatable bonds is 8. The number of ether oxygens (including phenoxy) is 1. The van der Waals surface area contributed by atoms with Gasteiger partial charge in [0, 0.05) is 34.6 Å². The maximum Gasteiger partial charge on any atom is 0.407 e. The molecule has 0 atom stereocenters. The molecule has 0 saturated carbocycles. The fraction of sp³-hybridized carbons (Fsp3) is 0.276. The third-order valence-corrected chi connectivity index (χ3v) is 7.55. The lowest BCUT2D eigenvalue weighted by molar-refractivity contribution is 0.126. The van der Waals surface area contributed by atoms with E-state index in [1.54, 1.807) is 60.7 Å². The van der Waals surface area contributed by atoms with Crippen LogP contribution in [0.3, 0.4) is 0 Å². The number of halogens is 2. The van der Waals surface area contributed by atoms with Crippen molar-refractivity contribution in [2.45, 2.75) is 24.5 Å². The van der Waals surface area contributed by atoms with Crippen LogP contribution in [0.25, 0.3) is 10.9 Å². The largest absolute Gasteiger partial charge is 0.465 e. The summed E-state index contributed by atoms with van der Waals surface area (Å²) in [6.45, 7) is 0.656. The number of carboxylic acid groups (broad SMARTS) is 1. The van der Waals surface area contributed by atoms with Crippen LogP contribution in [0.1, 0.15) is 29.5 Å². The summed E-state index contributed by atoms with van der Waals surface area (Å²) < 4.78 is 5.53. The lowest BCUT2D eigenvalue weighted by atomic mass is 9.80. The number of carbonyl (C=O) groups is 1. The van der Waals surface area contributed by atoms with E-state index in [2.05, 4.69) is 15.3 Å². The molecule has 11 heteroatoms. The minimum Gasteiger partial charge on any atom is -0.465 e. The van der Waals surface area contributed by atoms with Crippen molar-refractivity contribution in [2.75, 3.05) is 31.6 Å². The van der Waals surface area contributed by atoms with Crippen LogP contribution < -0.4 is 10.1 Å². The van der Waals surface area contributed by atoms with Crippen molar-refractivity contribution in [3.63, 3.8) is 0 Å². The van der Waals surface area contributed by atoms with Crippen molar-refractivity contribution >= 4 is 46.0 Å². The van der Waals surface area contributed by atoms with E-state index in [1.807, 2.05) is 6.07 Å². The molecular formula is C29H28Cl2N4O5. The molecule has 4 N–H and O–H groups in total. The molecule has 40 heavy (non-hydrogen) atoms. The zero-order chi connectivity index (χ0) is 28.3. The second-order valence-electron chi connectivity index (χ2n) is 9.57. The number of hydrogen-bond acceptors (Lipinski definition) is 7. The van der Waals surface area contributed by atoms with E-state index in [0.717, 1.165) is 0 Å². The first kappa shape index (κ1) is 27.9. The van der Waals surface area contributed by atoms with E-state index in [4.69, 9.17) is 27.9 Å². The standard InChI is InChI=1S/C29H28Cl2N4O5/c30-21-6-1-18(2-7-21)29(39,19-3-8-22(31)9-4-19)20-5-10-25-24(17-20)26(34-27(33-25)40-16-15-36)32-23-11-13-35(14-12-23)28(37)38/h1-10,17,23,36,39H,11-16H2,(H,37,38)(H,32,33,34). The molecule has 1 saturated heterocycles. The van der Waals surface area contributed by atoms with E-state index in [-0.39, 0.29) is 25.3 Å². The van der Waals surface area contributed by atoms with Gasteiger partial charge in [0.2, 0.25) is 0 Å². The second-order valence-corrected chi connectivity index (χ2v) is 10.4. The highest BCUT2D eigenvalue weighted by Gasteiger charge is 2.34. The number of piperidine rings is 1. The first-order chi connectivity index (χ1) is 19.3. The van der Waals surface area contributed by atoms with E-state index in [1.165, 1.54) is 4.90 Å². The van der Waals surface area contributed by atoms with Gasteiger partial charge in [-0.05, 0) is 65.9 Å². The summed E-state index contributed by atoms with van der Waals surface area (Å²) in [5.74, 6) is 0.489. The van der Waals surface area contributed by atoms with Crippen LogP contribution in [0.15, 0.2) is 66.7 Å². The van der Waals surface area contributed by atoms with Gasteiger partial charge >= 0.3 is 12.1 Å². The minimum absolute atomic E-state index is 0.0329. The van der Waals surface area contributed by atoms with Crippen molar-refractivity contribution < 1.29 is 24.9 Å². The molecule has 0 aliphatic carbocycles. The monoisotopic (exact) mass is 582 g/mol. The molecule has 2 heterocycles. The van der Waals surface area contributed by atoms with Gasteiger partial charge in [-0.1, -0.05) is 53.5 Å². The number of aliphatic hydroxyl groups excluding tert-OH is 1. The fourth-order valence-electron chi connectivity index (χ4n) is 4.93. The molecule has 1 aliphatic heterocycles. The first-order valence-corrected chi connectivity index (χ1v) is 13.6. The number of hydrogen-bond donors (Lipinski definition) is 4. The van der Waals surface area contributed by atoms with E-state index >= 15 is 0 Å². The van der Waals surface area contributed by atoms with Crippen LogP contribution in [-0.2, 0) is 5.60 Å². The molecule has 1 fully saturated rings. The van der Waals surface area contributed by atoms with Crippen molar-refractivity contribution in [3.05, 3.63) is 93.5 Å². The predicted octanol–water partition coefficient (Wildman–Crippen LogP) is 5.15. The highest BCUT2D eigenvalue weighted by molar-refractivity contribution is 6.30. The minimum atomic E-state index is -1.56. The number of amides is 1. The lowest BCUT2D eigenvalue weighted by Crippen LogP contribution is -2.41. The first-order valence-electron chi connectivity index (χ1n) is 12.8. The highest BCUT2D eigenvalue weighted by atomic mass is 35.5. The Kier molecular flexibility index (Phi) is 8.27. The summed E-state index contributed by atoms with van der Waals surface area (Å²) >= 11 is 12.3. The SMILES string of the molecule is O=C(O)N1CCC(Nc2nc(OCCO)nc3ccc(C(O)(c4ccc(Cl)cc4)c4ccc(Cl)cc4)cc23)CC1. The fourth-order valence-corrected chi connectivity index (χ4v) is 5.19. The van der Waals surface area contributed by atoms with Crippen molar-refractivity contribution in [1.82, 2.24) is 14.9 Å². The number of aliphatic hydroxyl groups is 2. The Bertz CT molecular complexity index is 1450. The number of nitrogens with one attached hydrogen (secondary N) is 1. The van der Waals surface area contributed by atoms with Gasteiger partial charge in [0.15, 0.2) is 0 Å². The van der Waals surface area contributed by atoms with Crippen LogP contribution >= 0.6 is 23.2 Å². The Morgan fingerprint density at radius 1 is 0.950 bits per heavy atom. The third-order valence-electron chi connectivity index (χ3n) is 7.05. The molecule has 0 bridgehead atoms. The third kappa shape index (κ3) is 5.78. The van der Waals surface area contributed by atoms with Crippen LogP contribution in [0.5, 0.6) is 6.01 Å². The number of likely N-dealkylation sites (tertiary alicyclic amines) is 1.